The maximum Gasteiger partial charge on any atom is 0.338 e. The number of hydrogen-bond donors (Lipinski definition) is 1. The molecule has 0 aliphatic heterocycles. The number of carbonyl (C=O) groups excluding carboxylic acids is 2. The van der Waals surface area contributed by atoms with Crippen molar-refractivity contribution >= 4 is 17.9 Å². The van der Waals surface area contributed by atoms with Crippen LogP contribution in [0.1, 0.15) is 36.5 Å². The first-order valence-electron chi connectivity index (χ1n) is 7.11. The highest BCUT2D eigenvalue weighted by molar-refractivity contribution is 5.89. The Kier molecular flexibility index (Phi) is 5.14. The molecule has 1 N–H and O–H groups in total. The Morgan fingerprint density at radius 2 is 1.59 bits per heavy atom. The molecule has 22 heavy (non-hydrogen) atoms. The van der Waals surface area contributed by atoms with Gasteiger partial charge in [0, 0.05) is 13.3 Å². The fourth-order valence-electron chi connectivity index (χ4n) is 2.64. The molecule has 0 heterocycles. The molecule has 1 aliphatic carbocycles. The molecule has 1 aliphatic rings. The summed E-state index contributed by atoms with van der Waals surface area (Å²) in [5, 5.41) is 9.18. The van der Waals surface area contributed by atoms with Gasteiger partial charge < -0.3 is 14.6 Å². The van der Waals surface area contributed by atoms with Gasteiger partial charge in [0.25, 0.3) is 0 Å². The molecular weight excluding hydrogens is 288 g/mol. The van der Waals surface area contributed by atoms with Gasteiger partial charge in [0.05, 0.1) is 11.5 Å². The van der Waals surface area contributed by atoms with Crippen LogP contribution in [0, 0.1) is 5.92 Å². The van der Waals surface area contributed by atoms with Crippen molar-refractivity contribution in [3.05, 3.63) is 35.9 Å². The van der Waals surface area contributed by atoms with Gasteiger partial charge in [0.15, 0.2) is 0 Å². The zero-order valence-corrected chi connectivity index (χ0v) is 12.2. The molecule has 1 saturated carbocycles. The highest BCUT2D eigenvalue weighted by Crippen LogP contribution is 2.29. The number of aliphatic carboxylic acids is 1. The van der Waals surface area contributed by atoms with Crippen molar-refractivity contribution in [2.45, 2.75) is 38.4 Å². The zero-order valence-electron chi connectivity index (χ0n) is 12.2. The van der Waals surface area contributed by atoms with Crippen LogP contribution in [0.25, 0.3) is 0 Å². The average Bonchev–Trinajstić information content (AvgIpc) is 2.47. The number of rotatable bonds is 4. The van der Waals surface area contributed by atoms with Crippen molar-refractivity contribution < 1.29 is 29.0 Å². The molecule has 2 rings (SSSR count). The van der Waals surface area contributed by atoms with E-state index < -0.39 is 36.0 Å². The van der Waals surface area contributed by atoms with Crippen molar-refractivity contribution in [2.24, 2.45) is 5.92 Å². The van der Waals surface area contributed by atoms with Crippen molar-refractivity contribution in [3.63, 3.8) is 0 Å². The van der Waals surface area contributed by atoms with Gasteiger partial charge in [-0.25, -0.2) is 4.79 Å². The van der Waals surface area contributed by atoms with Crippen LogP contribution in [0.5, 0.6) is 0 Å². The van der Waals surface area contributed by atoms with Gasteiger partial charge in [-0.05, 0) is 25.0 Å². The number of benzene rings is 1. The maximum absolute atomic E-state index is 12.0. The second-order valence-corrected chi connectivity index (χ2v) is 5.37. The monoisotopic (exact) mass is 306 g/mol. The standard InChI is InChI=1S/C16H18O6/c1-10(17)21-13-7-12(15(18)19)8-14(9-13)22-16(20)11-5-3-2-4-6-11/h2-6,12-14H,7-9H2,1H3,(H,18,19)/t12-,13+,14+/m1/s1. The molecule has 0 bridgehead atoms. The third kappa shape index (κ3) is 4.31. The minimum absolute atomic E-state index is 0.228. The molecule has 0 aromatic heterocycles. The first-order chi connectivity index (χ1) is 10.5. The quantitative estimate of drug-likeness (QED) is 0.856. The fourth-order valence-corrected chi connectivity index (χ4v) is 2.64. The predicted octanol–water partition coefficient (Wildman–Crippen LogP) is 2.03. The fraction of sp³-hybridized carbons (Fsp3) is 0.438. The van der Waals surface area contributed by atoms with E-state index in [1.165, 1.54) is 6.92 Å². The van der Waals surface area contributed by atoms with E-state index in [0.717, 1.165) is 0 Å². The molecule has 6 heteroatoms. The van der Waals surface area contributed by atoms with Crippen LogP contribution >= 0.6 is 0 Å². The van der Waals surface area contributed by atoms with Gasteiger partial charge >= 0.3 is 17.9 Å². The third-order valence-corrected chi connectivity index (χ3v) is 3.59. The van der Waals surface area contributed by atoms with E-state index in [1.807, 2.05) is 0 Å². The minimum atomic E-state index is -0.974. The van der Waals surface area contributed by atoms with Crippen LogP contribution in [-0.4, -0.2) is 35.2 Å². The molecule has 0 saturated heterocycles. The minimum Gasteiger partial charge on any atom is -0.481 e. The Hall–Kier alpha value is -2.37. The Bertz CT molecular complexity index is 553. The van der Waals surface area contributed by atoms with E-state index in [1.54, 1.807) is 30.3 Å². The van der Waals surface area contributed by atoms with E-state index in [4.69, 9.17) is 9.47 Å². The van der Waals surface area contributed by atoms with Gasteiger partial charge in [0.1, 0.15) is 12.2 Å². The number of carboxylic acid groups (broad SMARTS) is 1. The lowest BCUT2D eigenvalue weighted by Crippen LogP contribution is -2.38. The van der Waals surface area contributed by atoms with E-state index in [2.05, 4.69) is 0 Å². The van der Waals surface area contributed by atoms with Gasteiger partial charge in [0.2, 0.25) is 0 Å². The van der Waals surface area contributed by atoms with Crippen LogP contribution in [0.3, 0.4) is 0 Å². The molecule has 1 aromatic rings. The van der Waals surface area contributed by atoms with Crippen LogP contribution < -0.4 is 0 Å². The SMILES string of the molecule is CC(=O)O[C@@H]1C[C@@H](OC(=O)c2ccccc2)C[C@H](C(=O)O)C1. The second kappa shape index (κ2) is 7.06. The summed E-state index contributed by atoms with van der Waals surface area (Å²) in [5.41, 5.74) is 0.406. The Morgan fingerprint density at radius 1 is 1.00 bits per heavy atom. The number of carbonyl (C=O) groups is 3. The van der Waals surface area contributed by atoms with Crippen molar-refractivity contribution in [1.29, 1.82) is 0 Å². The Morgan fingerprint density at radius 3 is 2.14 bits per heavy atom. The highest BCUT2D eigenvalue weighted by Gasteiger charge is 2.36. The summed E-state index contributed by atoms with van der Waals surface area (Å²) in [4.78, 5) is 34.3. The van der Waals surface area contributed by atoms with Gasteiger partial charge in [-0.3, -0.25) is 9.59 Å². The van der Waals surface area contributed by atoms with E-state index in [-0.39, 0.29) is 12.8 Å². The number of carboxylic acids is 1. The summed E-state index contributed by atoms with van der Waals surface area (Å²) in [7, 11) is 0. The van der Waals surface area contributed by atoms with Crippen molar-refractivity contribution in [1.82, 2.24) is 0 Å². The molecule has 1 fully saturated rings. The molecular formula is C16H18O6. The number of hydrogen-bond acceptors (Lipinski definition) is 5. The molecule has 118 valence electrons. The molecule has 6 nitrogen and oxygen atoms in total. The topological polar surface area (TPSA) is 89.9 Å². The summed E-state index contributed by atoms with van der Waals surface area (Å²) in [6, 6.07) is 8.49. The van der Waals surface area contributed by atoms with Gasteiger partial charge in [-0.1, -0.05) is 18.2 Å². The Balaban J connectivity index is 2.03. The van der Waals surface area contributed by atoms with Gasteiger partial charge in [-0.2, -0.15) is 0 Å². The molecule has 0 unspecified atom stereocenters. The van der Waals surface area contributed by atoms with Crippen molar-refractivity contribution in [2.75, 3.05) is 0 Å². The van der Waals surface area contributed by atoms with E-state index >= 15 is 0 Å². The van der Waals surface area contributed by atoms with E-state index in [0.29, 0.717) is 12.0 Å². The first kappa shape index (κ1) is 16.0. The maximum atomic E-state index is 12.0. The van der Waals surface area contributed by atoms with Crippen LogP contribution in [-0.2, 0) is 19.1 Å². The third-order valence-electron chi connectivity index (χ3n) is 3.59. The summed E-state index contributed by atoms with van der Waals surface area (Å²) in [6.45, 7) is 1.27. The summed E-state index contributed by atoms with van der Waals surface area (Å²) >= 11 is 0. The normalized spacial score (nSPS) is 24.3. The lowest BCUT2D eigenvalue weighted by Gasteiger charge is -2.32. The molecule has 0 radical (unpaired) electrons. The molecule has 0 spiro atoms. The lowest BCUT2D eigenvalue weighted by molar-refractivity contribution is -0.157. The predicted molar refractivity (Wildman–Crippen MR) is 76.2 cm³/mol. The molecule has 0 amide bonds. The summed E-state index contributed by atoms with van der Waals surface area (Å²) in [6.07, 6.45) is -0.324. The molecule has 1 aromatic carbocycles. The number of ether oxygens (including phenoxy) is 2. The van der Waals surface area contributed by atoms with E-state index in [9.17, 15) is 19.5 Å². The second-order valence-electron chi connectivity index (χ2n) is 5.37. The lowest BCUT2D eigenvalue weighted by atomic mass is 9.85. The molecule has 3 atom stereocenters. The summed E-state index contributed by atoms with van der Waals surface area (Å²) in [5.74, 6) is -2.63. The van der Waals surface area contributed by atoms with Crippen molar-refractivity contribution in [3.8, 4) is 0 Å². The van der Waals surface area contributed by atoms with Crippen LogP contribution in [0.15, 0.2) is 30.3 Å². The van der Waals surface area contributed by atoms with Crippen LogP contribution in [0.2, 0.25) is 0 Å². The van der Waals surface area contributed by atoms with Crippen LogP contribution in [0.4, 0.5) is 0 Å². The Labute approximate surface area is 128 Å². The summed E-state index contributed by atoms with van der Waals surface area (Å²) < 4.78 is 10.5. The largest absolute Gasteiger partial charge is 0.481 e. The average molecular weight is 306 g/mol. The number of esters is 2. The zero-order chi connectivity index (χ0) is 16.1. The first-order valence-corrected chi connectivity index (χ1v) is 7.11. The smallest absolute Gasteiger partial charge is 0.338 e. The van der Waals surface area contributed by atoms with Gasteiger partial charge in [-0.15, -0.1) is 0 Å². The highest BCUT2D eigenvalue weighted by atomic mass is 16.6.